The molecule has 13 nitrogen and oxygen atoms in total. The number of anilines is 1. The number of benzene rings is 1. The fourth-order valence-corrected chi connectivity index (χ4v) is 7.36. The second kappa shape index (κ2) is 14.4. The summed E-state index contributed by atoms with van der Waals surface area (Å²) in [5, 5.41) is 10.6. The highest BCUT2D eigenvalue weighted by Crippen LogP contribution is 2.46. The Hall–Kier alpha value is -4.53. The number of aromatic nitrogens is 1. The number of alkyl carbamates (subject to hydrolysis) is 1. The minimum absolute atomic E-state index is 0.0354. The van der Waals surface area contributed by atoms with Crippen molar-refractivity contribution in [3.63, 3.8) is 0 Å². The zero-order valence-corrected chi connectivity index (χ0v) is 29.2. The summed E-state index contributed by atoms with van der Waals surface area (Å²) in [6.07, 6.45) is 6.80. The van der Waals surface area contributed by atoms with Crippen molar-refractivity contribution in [1.82, 2.24) is 25.4 Å². The van der Waals surface area contributed by atoms with Gasteiger partial charge in [0.15, 0.2) is 5.13 Å². The molecule has 50 heavy (non-hydrogen) atoms. The average molecular weight is 711 g/mol. The van der Waals surface area contributed by atoms with Crippen LogP contribution < -0.4 is 16.0 Å². The Balaban J connectivity index is 1.25. The minimum Gasteiger partial charge on any atom is -0.444 e. The summed E-state index contributed by atoms with van der Waals surface area (Å²) in [6.45, 7) is 5.24. The number of nitrogens with zero attached hydrogens (tertiary/aromatic N) is 3. The van der Waals surface area contributed by atoms with Gasteiger partial charge in [0, 0.05) is 36.0 Å². The summed E-state index contributed by atoms with van der Waals surface area (Å²) in [6, 6.07) is 2.55. The summed E-state index contributed by atoms with van der Waals surface area (Å²) < 4.78 is 25.7. The number of halogens is 1. The quantitative estimate of drug-likeness (QED) is 0.388. The molecule has 268 valence electrons. The molecule has 1 aromatic heterocycles. The predicted molar refractivity (Wildman–Crippen MR) is 181 cm³/mol. The van der Waals surface area contributed by atoms with Crippen LogP contribution >= 0.6 is 11.3 Å². The Morgan fingerprint density at radius 3 is 2.70 bits per heavy atom. The molecule has 4 heterocycles. The molecule has 2 fully saturated rings. The molecular weight excluding hydrogens is 667 g/mol. The second-order valence-corrected chi connectivity index (χ2v) is 15.2. The first-order valence-corrected chi connectivity index (χ1v) is 17.9. The molecule has 0 radical (unpaired) electrons. The number of ether oxygens (including phenoxy) is 2. The van der Waals surface area contributed by atoms with Crippen molar-refractivity contribution < 1.29 is 37.8 Å². The molecule has 0 bridgehead atoms. The van der Waals surface area contributed by atoms with Crippen molar-refractivity contribution in [2.75, 3.05) is 11.9 Å². The van der Waals surface area contributed by atoms with E-state index in [0.29, 0.717) is 35.5 Å². The van der Waals surface area contributed by atoms with Gasteiger partial charge in [-0.05, 0) is 58.1 Å². The summed E-state index contributed by atoms with van der Waals surface area (Å²) in [5.74, 6) is -2.19. The molecule has 6 rings (SSSR count). The van der Waals surface area contributed by atoms with Crippen molar-refractivity contribution in [1.29, 1.82) is 0 Å². The average Bonchev–Trinajstić information content (AvgIpc) is 3.47. The van der Waals surface area contributed by atoms with Gasteiger partial charge in [-0.25, -0.2) is 19.0 Å². The Bertz CT molecular complexity index is 1660. The van der Waals surface area contributed by atoms with Crippen LogP contribution in [0.25, 0.3) is 0 Å². The summed E-state index contributed by atoms with van der Waals surface area (Å²) >= 11 is 1.26. The lowest BCUT2D eigenvalue weighted by atomic mass is 10.0. The van der Waals surface area contributed by atoms with Crippen LogP contribution in [0.5, 0.6) is 0 Å². The van der Waals surface area contributed by atoms with Crippen LogP contribution in [0, 0.1) is 11.7 Å². The highest BCUT2D eigenvalue weighted by molar-refractivity contribution is 7.13. The first-order chi connectivity index (χ1) is 23.8. The topological polar surface area (TPSA) is 159 Å². The normalized spacial score (nSPS) is 27.4. The zero-order chi connectivity index (χ0) is 35.6. The molecular formula is C35H43FN6O7S. The number of hydrogen-bond acceptors (Lipinski definition) is 9. The highest BCUT2D eigenvalue weighted by Gasteiger charge is 2.61. The number of amides is 5. The summed E-state index contributed by atoms with van der Waals surface area (Å²) in [5.41, 5.74) is -0.964. The molecule has 0 spiro atoms. The van der Waals surface area contributed by atoms with Gasteiger partial charge in [-0.2, -0.15) is 0 Å². The van der Waals surface area contributed by atoms with E-state index in [1.807, 2.05) is 12.2 Å². The second-order valence-electron chi connectivity index (χ2n) is 14.3. The van der Waals surface area contributed by atoms with Crippen molar-refractivity contribution in [2.24, 2.45) is 5.92 Å². The lowest BCUT2D eigenvalue weighted by molar-refractivity contribution is -0.141. The van der Waals surface area contributed by atoms with E-state index >= 15 is 0 Å². The van der Waals surface area contributed by atoms with E-state index in [2.05, 4.69) is 20.9 Å². The Morgan fingerprint density at radius 2 is 1.96 bits per heavy atom. The number of fused-ring (bicyclic) bond motifs is 3. The number of hydrogen-bond donors (Lipinski definition) is 3. The van der Waals surface area contributed by atoms with Gasteiger partial charge >= 0.3 is 12.2 Å². The Kier molecular flexibility index (Phi) is 10.1. The third kappa shape index (κ3) is 7.92. The van der Waals surface area contributed by atoms with E-state index in [1.54, 1.807) is 44.5 Å². The maximum Gasteiger partial charge on any atom is 0.410 e. The molecule has 5 atom stereocenters. The van der Waals surface area contributed by atoms with E-state index in [4.69, 9.17) is 9.47 Å². The first kappa shape index (κ1) is 35.3. The van der Waals surface area contributed by atoms with Crippen molar-refractivity contribution >= 4 is 46.4 Å². The predicted octanol–water partition coefficient (Wildman–Crippen LogP) is 4.63. The summed E-state index contributed by atoms with van der Waals surface area (Å²) in [4.78, 5) is 75.2. The van der Waals surface area contributed by atoms with Crippen molar-refractivity contribution in [2.45, 2.75) is 108 Å². The number of rotatable bonds is 4. The Labute approximate surface area is 293 Å². The lowest BCUT2D eigenvalue weighted by Crippen LogP contribution is -2.57. The number of nitrogens with one attached hydrogen (secondary N) is 3. The van der Waals surface area contributed by atoms with Crippen LogP contribution in [0.1, 0.15) is 76.8 Å². The van der Waals surface area contributed by atoms with Crippen LogP contribution in [0.3, 0.4) is 0 Å². The number of carbonyl (C=O) groups excluding carboxylic acids is 5. The Morgan fingerprint density at radius 1 is 1.14 bits per heavy atom. The van der Waals surface area contributed by atoms with Gasteiger partial charge < -0.3 is 25.0 Å². The molecule has 1 saturated heterocycles. The highest BCUT2D eigenvalue weighted by atomic mass is 32.1. The first-order valence-electron chi connectivity index (χ1n) is 17.0. The molecule has 1 aliphatic carbocycles. The van der Waals surface area contributed by atoms with Crippen LogP contribution in [0.15, 0.2) is 41.9 Å². The third-order valence-electron chi connectivity index (χ3n) is 9.44. The van der Waals surface area contributed by atoms with E-state index in [9.17, 15) is 28.4 Å². The SMILES string of the molecule is CC(C)(C)OC(=O)N[C@H]1CCCCC/C=C\[C@H]2C[C@@]2(C(=O)Nc2nccs2)NC(=O)[C@@H]2C[C@@H](OC(=O)N3Cc4cccc(F)c4C3)CN2C1=O. The zero-order valence-electron chi connectivity index (χ0n) is 28.4. The molecule has 1 saturated carbocycles. The van der Waals surface area contributed by atoms with Crippen LogP contribution in [-0.4, -0.2) is 80.6 Å². The van der Waals surface area contributed by atoms with E-state index in [-0.39, 0.29) is 32.0 Å². The third-order valence-corrected chi connectivity index (χ3v) is 10.1. The van der Waals surface area contributed by atoms with E-state index in [0.717, 1.165) is 19.3 Å². The van der Waals surface area contributed by atoms with Gasteiger partial charge in [0.25, 0.3) is 5.91 Å². The minimum atomic E-state index is -1.26. The molecule has 15 heteroatoms. The van der Waals surface area contributed by atoms with Gasteiger partial charge in [0.05, 0.1) is 13.1 Å². The smallest absolute Gasteiger partial charge is 0.410 e. The van der Waals surface area contributed by atoms with Crippen LogP contribution in [-0.2, 0) is 36.9 Å². The number of carbonyl (C=O) groups is 5. The fourth-order valence-electron chi connectivity index (χ4n) is 6.84. The van der Waals surface area contributed by atoms with Gasteiger partial charge in [-0.3, -0.25) is 24.6 Å². The monoisotopic (exact) mass is 710 g/mol. The molecule has 3 N–H and O–H groups in total. The number of thiazole rings is 1. The lowest BCUT2D eigenvalue weighted by Gasteiger charge is -2.30. The molecule has 3 aliphatic heterocycles. The van der Waals surface area contributed by atoms with Crippen molar-refractivity contribution in [3.05, 3.63) is 58.9 Å². The van der Waals surface area contributed by atoms with Crippen LogP contribution in [0.4, 0.5) is 19.1 Å². The molecule has 4 aliphatic rings. The van der Waals surface area contributed by atoms with Gasteiger partial charge in [-0.1, -0.05) is 37.1 Å². The van der Waals surface area contributed by atoms with Gasteiger partial charge in [0.1, 0.15) is 35.1 Å². The van der Waals surface area contributed by atoms with Gasteiger partial charge in [0.2, 0.25) is 11.8 Å². The fraction of sp³-hybridized carbons (Fsp3) is 0.543. The van der Waals surface area contributed by atoms with Gasteiger partial charge in [-0.15, -0.1) is 11.3 Å². The largest absolute Gasteiger partial charge is 0.444 e. The maximum atomic E-state index is 14.4. The molecule has 0 unspecified atom stereocenters. The summed E-state index contributed by atoms with van der Waals surface area (Å²) in [7, 11) is 0. The number of allylic oxidation sites excluding steroid dienone is 1. The van der Waals surface area contributed by atoms with Crippen LogP contribution in [0.2, 0.25) is 0 Å². The van der Waals surface area contributed by atoms with E-state index in [1.165, 1.54) is 27.2 Å². The molecule has 5 amide bonds. The maximum absolute atomic E-state index is 14.4. The molecule has 1 aromatic carbocycles. The standard InChI is InChI=1S/C35H43FN6O7S/c1-34(2,3)49-32(46)38-26-13-8-6-4-5-7-11-22-17-35(22,30(45)39-31-37-14-15-50-31)40-28(43)27-16-23(19-42(27)29(26)44)48-33(47)41-18-21-10-9-12-25(36)24(21)20-41/h7,9-12,14-15,22-23,26-27H,4-6,8,13,16-20H2,1-3H3,(H,38,46)(H,40,43)(H,37,39,45)/b11-7-/t22-,23+,26-,27-,35+/m0/s1. The molecule has 2 aromatic rings. The van der Waals surface area contributed by atoms with Crippen molar-refractivity contribution in [3.8, 4) is 0 Å². The van der Waals surface area contributed by atoms with E-state index < -0.39 is 65.1 Å².